The summed E-state index contributed by atoms with van der Waals surface area (Å²) >= 11 is 1.40. The average Bonchev–Trinajstić information content (AvgIpc) is 2.86. The van der Waals surface area contributed by atoms with Gasteiger partial charge in [0, 0.05) is 18.1 Å². The van der Waals surface area contributed by atoms with Crippen LogP contribution >= 0.6 is 11.3 Å². The maximum absolute atomic E-state index is 13.2. The van der Waals surface area contributed by atoms with Gasteiger partial charge in [-0.05, 0) is 25.1 Å². The van der Waals surface area contributed by atoms with Crippen LogP contribution < -0.4 is 4.90 Å². The summed E-state index contributed by atoms with van der Waals surface area (Å²) in [6.45, 7) is 2.13. The number of thiazole rings is 1. The van der Waals surface area contributed by atoms with Crippen LogP contribution in [0, 0.1) is 5.82 Å². The fourth-order valence-corrected chi connectivity index (χ4v) is 2.50. The van der Waals surface area contributed by atoms with Gasteiger partial charge in [-0.25, -0.2) is 9.37 Å². The number of hydrogen-bond donors (Lipinski definition) is 0. The zero-order valence-corrected chi connectivity index (χ0v) is 12.1. The average molecular weight is 294 g/mol. The van der Waals surface area contributed by atoms with Gasteiger partial charge in [-0.1, -0.05) is 6.07 Å². The maximum atomic E-state index is 13.2. The van der Waals surface area contributed by atoms with Gasteiger partial charge >= 0.3 is 5.97 Å². The summed E-state index contributed by atoms with van der Waals surface area (Å²) in [6, 6.07) is 6.28. The zero-order valence-electron chi connectivity index (χ0n) is 11.3. The van der Waals surface area contributed by atoms with Crippen LogP contribution in [0.3, 0.4) is 0 Å². The molecule has 0 N–H and O–H groups in total. The molecule has 0 aliphatic heterocycles. The summed E-state index contributed by atoms with van der Waals surface area (Å²) in [7, 11) is 1.81. The van der Waals surface area contributed by atoms with Crippen LogP contribution in [0.25, 0.3) is 0 Å². The highest BCUT2D eigenvalue weighted by atomic mass is 32.1. The number of carbonyl (C=O) groups excluding carboxylic acids is 1. The number of rotatable bonds is 5. The molecular weight excluding hydrogens is 279 g/mol. The van der Waals surface area contributed by atoms with E-state index in [1.807, 2.05) is 12.4 Å². The van der Waals surface area contributed by atoms with Crippen molar-refractivity contribution in [3.05, 3.63) is 41.2 Å². The number of carbonyl (C=O) groups is 1. The molecule has 2 rings (SSSR count). The number of aromatic nitrogens is 1. The van der Waals surface area contributed by atoms with E-state index in [9.17, 15) is 9.18 Å². The molecule has 0 atom stereocenters. The second kappa shape index (κ2) is 6.47. The van der Waals surface area contributed by atoms with E-state index in [0.29, 0.717) is 23.1 Å². The van der Waals surface area contributed by atoms with Crippen LogP contribution in [0.4, 0.5) is 15.2 Å². The fraction of sp³-hybridized carbons (Fsp3) is 0.286. The van der Waals surface area contributed by atoms with E-state index in [0.717, 1.165) is 0 Å². The predicted octanol–water partition coefficient (Wildman–Crippen LogP) is 3.16. The molecule has 0 fully saturated rings. The smallest absolute Gasteiger partial charge is 0.311 e. The summed E-state index contributed by atoms with van der Waals surface area (Å²) in [5.41, 5.74) is 1.37. The monoisotopic (exact) mass is 294 g/mol. The molecule has 0 aliphatic rings. The fourth-order valence-electron chi connectivity index (χ4n) is 1.69. The van der Waals surface area contributed by atoms with Crippen molar-refractivity contribution in [2.75, 3.05) is 18.6 Å². The highest BCUT2D eigenvalue weighted by Gasteiger charge is 2.12. The van der Waals surface area contributed by atoms with Crippen molar-refractivity contribution in [1.29, 1.82) is 0 Å². The van der Waals surface area contributed by atoms with Crippen LogP contribution in [0.2, 0.25) is 0 Å². The lowest BCUT2D eigenvalue weighted by atomic mass is 10.3. The van der Waals surface area contributed by atoms with E-state index < -0.39 is 0 Å². The van der Waals surface area contributed by atoms with Crippen LogP contribution in [0.1, 0.15) is 12.6 Å². The Labute approximate surface area is 120 Å². The number of ether oxygens (including phenoxy) is 1. The van der Waals surface area contributed by atoms with Gasteiger partial charge in [0.15, 0.2) is 5.13 Å². The van der Waals surface area contributed by atoms with Crippen molar-refractivity contribution in [1.82, 2.24) is 4.98 Å². The largest absolute Gasteiger partial charge is 0.466 e. The minimum absolute atomic E-state index is 0.154. The molecule has 20 heavy (non-hydrogen) atoms. The minimum Gasteiger partial charge on any atom is -0.466 e. The van der Waals surface area contributed by atoms with E-state index >= 15 is 0 Å². The third kappa shape index (κ3) is 3.54. The van der Waals surface area contributed by atoms with Crippen molar-refractivity contribution >= 4 is 28.1 Å². The Morgan fingerprint density at radius 3 is 3.00 bits per heavy atom. The topological polar surface area (TPSA) is 42.4 Å². The lowest BCUT2D eigenvalue weighted by Gasteiger charge is -2.15. The van der Waals surface area contributed by atoms with Crippen LogP contribution in [0.15, 0.2) is 29.6 Å². The summed E-state index contributed by atoms with van der Waals surface area (Å²) < 4.78 is 18.1. The Morgan fingerprint density at radius 2 is 2.30 bits per heavy atom. The molecule has 0 bridgehead atoms. The first-order chi connectivity index (χ1) is 9.60. The molecule has 106 valence electrons. The number of halogens is 1. The molecular formula is C14H15FN2O2S. The molecule has 2 aromatic rings. The van der Waals surface area contributed by atoms with Gasteiger partial charge in [0.1, 0.15) is 5.82 Å². The summed E-state index contributed by atoms with van der Waals surface area (Å²) in [5, 5.41) is 2.51. The summed E-state index contributed by atoms with van der Waals surface area (Å²) in [4.78, 5) is 17.5. The van der Waals surface area contributed by atoms with Gasteiger partial charge in [0.25, 0.3) is 0 Å². The highest BCUT2D eigenvalue weighted by molar-refractivity contribution is 7.13. The van der Waals surface area contributed by atoms with Crippen molar-refractivity contribution in [2.24, 2.45) is 0 Å². The number of nitrogens with zero attached hydrogens (tertiary/aromatic N) is 2. The van der Waals surface area contributed by atoms with E-state index in [1.165, 1.54) is 23.5 Å². The van der Waals surface area contributed by atoms with E-state index in [4.69, 9.17) is 4.74 Å². The number of benzene rings is 1. The lowest BCUT2D eigenvalue weighted by Crippen LogP contribution is -2.10. The SMILES string of the molecule is CCOC(=O)Cc1csc(N(C)c2cccc(F)c2)n1. The van der Waals surface area contributed by atoms with Gasteiger partial charge in [0.2, 0.25) is 0 Å². The van der Waals surface area contributed by atoms with Crippen molar-refractivity contribution < 1.29 is 13.9 Å². The van der Waals surface area contributed by atoms with Crippen LogP contribution in [-0.4, -0.2) is 24.6 Å². The van der Waals surface area contributed by atoms with Gasteiger partial charge in [0.05, 0.1) is 18.7 Å². The van der Waals surface area contributed by atoms with Crippen LogP contribution in [-0.2, 0) is 16.0 Å². The Bertz CT molecular complexity index is 600. The van der Waals surface area contributed by atoms with Crippen molar-refractivity contribution in [2.45, 2.75) is 13.3 Å². The predicted molar refractivity (Wildman–Crippen MR) is 76.9 cm³/mol. The first-order valence-electron chi connectivity index (χ1n) is 6.19. The third-order valence-electron chi connectivity index (χ3n) is 2.65. The van der Waals surface area contributed by atoms with E-state index in [-0.39, 0.29) is 18.2 Å². The summed E-state index contributed by atoms with van der Waals surface area (Å²) in [6.07, 6.45) is 0.154. The van der Waals surface area contributed by atoms with Gasteiger partial charge in [-0.2, -0.15) is 0 Å². The lowest BCUT2D eigenvalue weighted by molar-refractivity contribution is -0.142. The second-order valence-corrected chi connectivity index (χ2v) is 4.98. The van der Waals surface area contributed by atoms with Crippen molar-refractivity contribution in [3.8, 4) is 0 Å². The quantitative estimate of drug-likeness (QED) is 0.794. The number of anilines is 2. The molecule has 0 radical (unpaired) electrons. The molecule has 6 heteroatoms. The van der Waals surface area contributed by atoms with Gasteiger partial charge < -0.3 is 9.64 Å². The van der Waals surface area contributed by atoms with Gasteiger partial charge in [-0.3, -0.25) is 4.79 Å². The third-order valence-corrected chi connectivity index (χ3v) is 3.62. The van der Waals surface area contributed by atoms with E-state index in [2.05, 4.69) is 4.98 Å². The molecule has 0 saturated heterocycles. The summed E-state index contributed by atoms with van der Waals surface area (Å²) in [5.74, 6) is -0.588. The normalized spacial score (nSPS) is 10.3. The van der Waals surface area contributed by atoms with E-state index in [1.54, 1.807) is 24.0 Å². The standard InChI is InChI=1S/C14H15FN2O2S/c1-3-19-13(18)8-11-9-20-14(16-11)17(2)12-6-4-5-10(15)7-12/h4-7,9H,3,8H2,1-2H3. The highest BCUT2D eigenvalue weighted by Crippen LogP contribution is 2.27. The maximum Gasteiger partial charge on any atom is 0.311 e. The van der Waals surface area contributed by atoms with Crippen LogP contribution in [0.5, 0.6) is 0 Å². The molecule has 1 aromatic carbocycles. The number of hydrogen-bond acceptors (Lipinski definition) is 5. The Hall–Kier alpha value is -1.95. The molecule has 0 saturated carbocycles. The molecule has 0 amide bonds. The molecule has 1 heterocycles. The molecule has 4 nitrogen and oxygen atoms in total. The zero-order chi connectivity index (χ0) is 14.5. The first kappa shape index (κ1) is 14.5. The molecule has 1 aromatic heterocycles. The molecule has 0 unspecified atom stereocenters. The minimum atomic E-state index is -0.294. The molecule has 0 spiro atoms. The van der Waals surface area contributed by atoms with Crippen molar-refractivity contribution in [3.63, 3.8) is 0 Å². The number of esters is 1. The van der Waals surface area contributed by atoms with Gasteiger partial charge in [-0.15, -0.1) is 11.3 Å². The Kier molecular flexibility index (Phi) is 4.68. The molecule has 0 aliphatic carbocycles. The first-order valence-corrected chi connectivity index (χ1v) is 7.07. The second-order valence-electron chi connectivity index (χ2n) is 4.14. The Morgan fingerprint density at radius 1 is 1.50 bits per heavy atom. The Balaban J connectivity index is 2.10.